The number of likely N-dealkylation sites (tertiary alicyclic amines) is 1. The summed E-state index contributed by atoms with van der Waals surface area (Å²) in [6, 6.07) is 11.1. The molecule has 2 fully saturated rings. The van der Waals surface area contributed by atoms with Gasteiger partial charge in [0, 0.05) is 37.7 Å². The number of hydrogen-bond donors (Lipinski definition) is 1. The fourth-order valence-electron chi connectivity index (χ4n) is 4.18. The summed E-state index contributed by atoms with van der Waals surface area (Å²) in [6.45, 7) is 19.8. The number of benzene rings is 1. The molecular weight excluding hydrogens is 392 g/mol. The van der Waals surface area contributed by atoms with Gasteiger partial charge in [-0.05, 0) is 50.4 Å². The maximum atomic E-state index is 12.3. The first-order valence-electron chi connectivity index (χ1n) is 11.2. The number of nitrogens with zero attached hydrogens (tertiary/aromatic N) is 1. The van der Waals surface area contributed by atoms with Crippen LogP contribution in [-0.2, 0) is 15.7 Å². The van der Waals surface area contributed by atoms with E-state index < -0.39 is 13.9 Å². The van der Waals surface area contributed by atoms with Gasteiger partial charge in [0.1, 0.15) is 5.60 Å². The summed E-state index contributed by atoms with van der Waals surface area (Å²) in [5.74, 6) is 0.917. The number of amides is 1. The molecule has 1 N–H and O–H groups in total. The topological polar surface area (TPSA) is 50.8 Å². The maximum Gasteiger partial charge on any atom is 0.407 e. The molecule has 1 heterocycles. The van der Waals surface area contributed by atoms with Crippen molar-refractivity contribution in [1.29, 1.82) is 0 Å². The molecule has 1 saturated heterocycles. The van der Waals surface area contributed by atoms with Gasteiger partial charge >= 0.3 is 6.09 Å². The zero-order valence-electron chi connectivity index (χ0n) is 20.0. The van der Waals surface area contributed by atoms with Gasteiger partial charge in [-0.25, -0.2) is 4.79 Å². The third-order valence-corrected chi connectivity index (χ3v) is 11.4. The lowest BCUT2D eigenvalue weighted by molar-refractivity contribution is 0.0501. The van der Waals surface area contributed by atoms with Crippen molar-refractivity contribution < 1.29 is 14.0 Å². The molecule has 4 atom stereocenters. The van der Waals surface area contributed by atoms with Gasteiger partial charge in [-0.15, -0.1) is 0 Å². The molecule has 30 heavy (non-hydrogen) atoms. The molecule has 6 heteroatoms. The van der Waals surface area contributed by atoms with Gasteiger partial charge in [0.25, 0.3) is 0 Å². The van der Waals surface area contributed by atoms with Crippen molar-refractivity contribution in [3.8, 4) is 0 Å². The van der Waals surface area contributed by atoms with Gasteiger partial charge in [0.05, 0.1) is 0 Å². The zero-order valence-corrected chi connectivity index (χ0v) is 21.0. The van der Waals surface area contributed by atoms with E-state index in [2.05, 4.69) is 74.4 Å². The van der Waals surface area contributed by atoms with Crippen LogP contribution in [0.3, 0.4) is 0 Å². The minimum atomic E-state index is -1.83. The predicted molar refractivity (Wildman–Crippen MR) is 124 cm³/mol. The van der Waals surface area contributed by atoms with E-state index in [1.807, 2.05) is 20.8 Å². The Morgan fingerprint density at radius 2 is 1.77 bits per heavy atom. The highest BCUT2D eigenvalue weighted by atomic mass is 28.4. The molecule has 2 aliphatic rings. The SMILES string of the molecule is CC(C)(C)OC(=O)N[C@@H]1[C@H]2CN(Cc3ccccc3)[C@H](CO[Si](C)(C)C(C)(C)C)[C@H]21. The summed E-state index contributed by atoms with van der Waals surface area (Å²) in [5, 5.41) is 3.31. The molecule has 1 aromatic carbocycles. The second kappa shape index (κ2) is 8.28. The first-order chi connectivity index (χ1) is 13.8. The Balaban J connectivity index is 1.67. The van der Waals surface area contributed by atoms with Crippen molar-refractivity contribution in [1.82, 2.24) is 10.2 Å². The number of ether oxygens (including phenoxy) is 1. The Labute approximate surface area is 183 Å². The van der Waals surface area contributed by atoms with E-state index in [0.717, 1.165) is 19.7 Å². The smallest absolute Gasteiger partial charge is 0.407 e. The highest BCUT2D eigenvalue weighted by Crippen LogP contribution is 2.51. The van der Waals surface area contributed by atoms with Gasteiger partial charge in [-0.3, -0.25) is 4.90 Å². The minimum absolute atomic E-state index is 0.187. The van der Waals surface area contributed by atoms with E-state index in [-0.39, 0.29) is 17.2 Å². The van der Waals surface area contributed by atoms with Crippen LogP contribution in [0.1, 0.15) is 47.1 Å². The molecule has 1 aliphatic carbocycles. The largest absolute Gasteiger partial charge is 0.444 e. The molecule has 0 aromatic heterocycles. The molecule has 5 nitrogen and oxygen atoms in total. The van der Waals surface area contributed by atoms with Crippen LogP contribution in [0.5, 0.6) is 0 Å². The van der Waals surface area contributed by atoms with Crippen LogP contribution in [0.25, 0.3) is 0 Å². The molecule has 0 radical (unpaired) electrons. The highest BCUT2D eigenvalue weighted by molar-refractivity contribution is 6.74. The molecule has 3 rings (SSSR count). The van der Waals surface area contributed by atoms with Crippen LogP contribution in [0.4, 0.5) is 4.79 Å². The average molecular weight is 433 g/mol. The van der Waals surface area contributed by atoms with E-state index in [9.17, 15) is 4.79 Å². The number of hydrogen-bond acceptors (Lipinski definition) is 4. The number of rotatable bonds is 6. The van der Waals surface area contributed by atoms with E-state index >= 15 is 0 Å². The van der Waals surface area contributed by atoms with E-state index in [1.165, 1.54) is 5.56 Å². The number of fused-ring (bicyclic) bond motifs is 1. The Bertz CT molecular complexity index is 739. The van der Waals surface area contributed by atoms with Gasteiger partial charge in [-0.1, -0.05) is 51.1 Å². The summed E-state index contributed by atoms with van der Waals surface area (Å²) in [5.41, 5.74) is 0.853. The van der Waals surface area contributed by atoms with Crippen LogP contribution in [0, 0.1) is 11.8 Å². The van der Waals surface area contributed by atoms with Crippen molar-refractivity contribution in [2.75, 3.05) is 13.2 Å². The summed E-state index contributed by atoms with van der Waals surface area (Å²) in [7, 11) is -1.83. The van der Waals surface area contributed by atoms with Crippen molar-refractivity contribution in [3.05, 3.63) is 35.9 Å². The molecule has 168 valence electrons. The number of carbonyl (C=O) groups excluding carboxylic acids is 1. The normalized spacial score (nSPS) is 26.9. The Hall–Kier alpha value is -1.37. The van der Waals surface area contributed by atoms with Crippen molar-refractivity contribution in [2.24, 2.45) is 11.8 Å². The molecule has 1 amide bonds. The van der Waals surface area contributed by atoms with Gasteiger partial charge in [0.2, 0.25) is 0 Å². The first-order valence-corrected chi connectivity index (χ1v) is 14.1. The van der Waals surface area contributed by atoms with Crippen LogP contribution in [0.2, 0.25) is 18.1 Å². The summed E-state index contributed by atoms with van der Waals surface area (Å²) < 4.78 is 12.1. The van der Waals surface area contributed by atoms with Crippen LogP contribution < -0.4 is 5.32 Å². The van der Waals surface area contributed by atoms with E-state index in [1.54, 1.807) is 0 Å². The quantitative estimate of drug-likeness (QED) is 0.641. The van der Waals surface area contributed by atoms with Crippen molar-refractivity contribution in [3.63, 3.8) is 0 Å². The second-order valence-corrected chi connectivity index (χ2v) is 16.3. The number of carbonyl (C=O) groups is 1. The summed E-state index contributed by atoms with van der Waals surface area (Å²) >= 11 is 0. The lowest BCUT2D eigenvalue weighted by Gasteiger charge is -2.39. The van der Waals surface area contributed by atoms with Crippen LogP contribution in [-0.4, -0.2) is 50.1 Å². The molecule has 1 aliphatic heterocycles. The number of nitrogens with one attached hydrogen (secondary N) is 1. The molecule has 1 saturated carbocycles. The fourth-order valence-corrected chi connectivity index (χ4v) is 5.20. The summed E-state index contributed by atoms with van der Waals surface area (Å²) in [4.78, 5) is 14.8. The number of alkyl carbamates (subject to hydrolysis) is 1. The average Bonchev–Trinajstić information content (AvgIpc) is 3.10. The molecular formula is C24H40N2O3Si. The summed E-state index contributed by atoms with van der Waals surface area (Å²) in [6.07, 6.45) is -0.305. The Morgan fingerprint density at radius 3 is 2.33 bits per heavy atom. The monoisotopic (exact) mass is 432 g/mol. The maximum absolute atomic E-state index is 12.3. The van der Waals surface area contributed by atoms with Crippen LogP contribution >= 0.6 is 0 Å². The minimum Gasteiger partial charge on any atom is -0.444 e. The lowest BCUT2D eigenvalue weighted by atomic mass is 10.1. The zero-order chi connectivity index (χ0) is 22.3. The lowest BCUT2D eigenvalue weighted by Crippen LogP contribution is -2.47. The number of piperidine rings is 1. The fraction of sp³-hybridized carbons (Fsp3) is 0.708. The third-order valence-electron chi connectivity index (χ3n) is 6.92. The van der Waals surface area contributed by atoms with E-state index in [0.29, 0.717) is 17.9 Å². The highest BCUT2D eigenvalue weighted by Gasteiger charge is 2.62. The van der Waals surface area contributed by atoms with Gasteiger partial charge in [-0.2, -0.15) is 0 Å². The van der Waals surface area contributed by atoms with Crippen LogP contribution in [0.15, 0.2) is 30.3 Å². The predicted octanol–water partition coefficient (Wildman–Crippen LogP) is 5.03. The third kappa shape index (κ3) is 5.45. The van der Waals surface area contributed by atoms with Crippen molar-refractivity contribution in [2.45, 2.75) is 83.9 Å². The first kappa shape index (κ1) is 23.3. The van der Waals surface area contributed by atoms with Gasteiger partial charge < -0.3 is 14.5 Å². The standard InChI is InChI=1S/C24H40N2O3Si/c1-23(2,3)29-22(27)25-21-18-15-26(14-17-12-10-9-11-13-17)19(20(18)21)16-28-30(7,8)24(4,5)6/h9-13,18-21H,14-16H2,1-8H3,(H,25,27)/t18-,19+,20-,21+/m0/s1. The Morgan fingerprint density at radius 1 is 1.13 bits per heavy atom. The second-order valence-electron chi connectivity index (χ2n) is 11.5. The molecule has 1 aromatic rings. The molecule has 0 bridgehead atoms. The van der Waals surface area contributed by atoms with E-state index in [4.69, 9.17) is 9.16 Å². The molecule has 0 unspecified atom stereocenters. The van der Waals surface area contributed by atoms with Crippen molar-refractivity contribution >= 4 is 14.4 Å². The van der Waals surface area contributed by atoms with Gasteiger partial charge in [0.15, 0.2) is 8.32 Å². The molecule has 0 spiro atoms. The Kier molecular flexibility index (Phi) is 6.43.